The molecule has 0 saturated carbocycles. The Morgan fingerprint density at radius 2 is 2.18 bits per heavy atom. The molecule has 0 aromatic carbocycles. The molecular weight excluding hydrogens is 220 g/mol. The molecule has 0 aliphatic rings. The van der Waals surface area contributed by atoms with Crippen LogP contribution in [0.1, 0.15) is 17.0 Å². The van der Waals surface area contributed by atoms with Crippen LogP contribution in [0.4, 0.5) is 5.82 Å². The molecule has 0 bridgehead atoms. The fourth-order valence-electron chi connectivity index (χ4n) is 1.49. The normalized spacial score (nSPS) is 10.3. The van der Waals surface area contributed by atoms with Gasteiger partial charge in [-0.25, -0.2) is 9.97 Å². The molecule has 17 heavy (non-hydrogen) atoms. The van der Waals surface area contributed by atoms with Gasteiger partial charge in [0.25, 0.3) is 0 Å². The highest BCUT2D eigenvalue weighted by molar-refractivity contribution is 5.47. The Balaban J connectivity index is 2.09. The third-order valence-corrected chi connectivity index (χ3v) is 2.34. The van der Waals surface area contributed by atoms with E-state index in [1.807, 2.05) is 19.9 Å². The van der Waals surface area contributed by atoms with Crippen molar-refractivity contribution in [2.24, 2.45) is 0 Å². The highest BCUT2D eigenvalue weighted by Gasteiger charge is 2.07. The Morgan fingerprint density at radius 1 is 1.35 bits per heavy atom. The van der Waals surface area contributed by atoms with Gasteiger partial charge in [0.1, 0.15) is 23.6 Å². The molecule has 6 heteroatoms. The van der Waals surface area contributed by atoms with Gasteiger partial charge < -0.3 is 14.6 Å². The zero-order valence-electron chi connectivity index (χ0n) is 10.0. The highest BCUT2D eigenvalue weighted by Crippen LogP contribution is 2.20. The molecule has 0 amide bonds. The summed E-state index contributed by atoms with van der Waals surface area (Å²) in [5, 5.41) is 7.05. The van der Waals surface area contributed by atoms with Crippen LogP contribution in [0.3, 0.4) is 0 Å². The second-order valence-corrected chi connectivity index (χ2v) is 3.64. The molecule has 1 N–H and O–H groups in total. The predicted molar refractivity (Wildman–Crippen MR) is 61.9 cm³/mol. The zero-order chi connectivity index (χ0) is 12.3. The van der Waals surface area contributed by atoms with Gasteiger partial charge in [0.2, 0.25) is 5.88 Å². The molecule has 0 spiro atoms. The van der Waals surface area contributed by atoms with Crippen LogP contribution in [0.2, 0.25) is 0 Å². The molecule has 0 fully saturated rings. The predicted octanol–water partition coefficient (Wildman–Crippen LogP) is 1.70. The smallest absolute Gasteiger partial charge is 0.221 e. The summed E-state index contributed by atoms with van der Waals surface area (Å²) in [5.41, 5.74) is 1.70. The molecule has 0 atom stereocenters. The fraction of sp³-hybridized carbons (Fsp3) is 0.364. The van der Waals surface area contributed by atoms with Crippen molar-refractivity contribution in [1.29, 1.82) is 0 Å². The monoisotopic (exact) mass is 234 g/mol. The third kappa shape index (κ3) is 2.52. The lowest BCUT2D eigenvalue weighted by molar-refractivity contribution is 0.391. The zero-order valence-corrected chi connectivity index (χ0v) is 10.0. The number of hydrogen-bond acceptors (Lipinski definition) is 6. The van der Waals surface area contributed by atoms with E-state index in [1.165, 1.54) is 6.33 Å². The molecular formula is C11H14N4O2. The lowest BCUT2D eigenvalue weighted by Crippen LogP contribution is -2.05. The largest absolute Gasteiger partial charge is 0.481 e. The van der Waals surface area contributed by atoms with Gasteiger partial charge in [-0.05, 0) is 13.8 Å². The maximum Gasteiger partial charge on any atom is 0.221 e. The second kappa shape index (κ2) is 4.82. The number of anilines is 1. The van der Waals surface area contributed by atoms with Crippen LogP contribution in [0.15, 0.2) is 16.9 Å². The number of rotatable bonds is 4. The summed E-state index contributed by atoms with van der Waals surface area (Å²) in [4.78, 5) is 8.16. The van der Waals surface area contributed by atoms with Gasteiger partial charge in [-0.1, -0.05) is 5.16 Å². The molecule has 2 heterocycles. The van der Waals surface area contributed by atoms with E-state index in [0.29, 0.717) is 12.4 Å². The summed E-state index contributed by atoms with van der Waals surface area (Å²) in [5.74, 6) is 2.09. The highest BCUT2D eigenvalue weighted by atomic mass is 16.5. The lowest BCUT2D eigenvalue weighted by atomic mass is 10.3. The minimum Gasteiger partial charge on any atom is -0.481 e. The Morgan fingerprint density at radius 3 is 2.82 bits per heavy atom. The van der Waals surface area contributed by atoms with Crippen molar-refractivity contribution in [3.8, 4) is 5.88 Å². The first-order valence-corrected chi connectivity index (χ1v) is 5.22. The van der Waals surface area contributed by atoms with Crippen LogP contribution >= 0.6 is 0 Å². The topological polar surface area (TPSA) is 73.1 Å². The summed E-state index contributed by atoms with van der Waals surface area (Å²) < 4.78 is 10.1. The first-order chi connectivity index (χ1) is 8.20. The number of ether oxygens (including phenoxy) is 1. The van der Waals surface area contributed by atoms with E-state index >= 15 is 0 Å². The van der Waals surface area contributed by atoms with E-state index in [9.17, 15) is 0 Å². The molecule has 2 aromatic rings. The second-order valence-electron chi connectivity index (χ2n) is 3.64. The lowest BCUT2D eigenvalue weighted by Gasteiger charge is -2.08. The van der Waals surface area contributed by atoms with Gasteiger partial charge in [-0.2, -0.15) is 0 Å². The fourth-order valence-corrected chi connectivity index (χ4v) is 1.49. The molecule has 90 valence electrons. The summed E-state index contributed by atoms with van der Waals surface area (Å²) in [6.07, 6.45) is 1.46. The quantitative estimate of drug-likeness (QED) is 0.868. The standard InChI is InChI=1S/C11H14N4O2/c1-7-4-9(15-17-7)5-12-10-8(2)11(16-3)14-6-13-10/h4,6H,5H2,1-3H3,(H,12,13,14). The Labute approximate surface area is 99.0 Å². The van der Waals surface area contributed by atoms with Crippen LogP contribution in [0.5, 0.6) is 5.88 Å². The summed E-state index contributed by atoms with van der Waals surface area (Å²) >= 11 is 0. The molecule has 0 aliphatic carbocycles. The van der Waals surface area contributed by atoms with E-state index in [4.69, 9.17) is 9.26 Å². The summed E-state index contributed by atoms with van der Waals surface area (Å²) in [6.45, 7) is 4.31. The molecule has 0 radical (unpaired) electrons. The Kier molecular flexibility index (Phi) is 3.22. The van der Waals surface area contributed by atoms with Crippen molar-refractivity contribution < 1.29 is 9.26 Å². The molecule has 2 rings (SSSR count). The summed E-state index contributed by atoms with van der Waals surface area (Å²) in [6, 6.07) is 1.88. The van der Waals surface area contributed by atoms with Gasteiger partial charge in [0.15, 0.2) is 0 Å². The average Bonchev–Trinajstić information content (AvgIpc) is 2.74. The van der Waals surface area contributed by atoms with E-state index in [2.05, 4.69) is 20.4 Å². The first kappa shape index (κ1) is 11.4. The first-order valence-electron chi connectivity index (χ1n) is 5.22. The number of aromatic nitrogens is 3. The maximum atomic E-state index is 5.12. The van der Waals surface area contributed by atoms with Crippen LogP contribution < -0.4 is 10.1 Å². The minimum atomic E-state index is 0.554. The number of hydrogen-bond donors (Lipinski definition) is 1. The SMILES string of the molecule is COc1ncnc(NCc2cc(C)on2)c1C. The molecule has 6 nitrogen and oxygen atoms in total. The molecule has 0 aliphatic heterocycles. The van der Waals surface area contributed by atoms with Gasteiger partial charge in [0, 0.05) is 6.07 Å². The number of aryl methyl sites for hydroxylation is 1. The van der Waals surface area contributed by atoms with E-state index in [1.54, 1.807) is 7.11 Å². The Bertz CT molecular complexity index is 510. The van der Waals surface area contributed by atoms with Crippen LogP contribution in [0, 0.1) is 13.8 Å². The van der Waals surface area contributed by atoms with Crippen molar-refractivity contribution in [3.63, 3.8) is 0 Å². The third-order valence-electron chi connectivity index (χ3n) is 2.34. The number of nitrogens with zero attached hydrogens (tertiary/aromatic N) is 3. The molecule has 0 unspecified atom stereocenters. The number of methoxy groups -OCH3 is 1. The maximum absolute atomic E-state index is 5.12. The Hall–Kier alpha value is -2.11. The average molecular weight is 234 g/mol. The van der Waals surface area contributed by atoms with Gasteiger partial charge in [-0.3, -0.25) is 0 Å². The summed E-state index contributed by atoms with van der Waals surface area (Å²) in [7, 11) is 1.58. The van der Waals surface area contributed by atoms with Crippen molar-refractivity contribution >= 4 is 5.82 Å². The van der Waals surface area contributed by atoms with E-state index < -0.39 is 0 Å². The van der Waals surface area contributed by atoms with Crippen molar-refractivity contribution in [2.75, 3.05) is 12.4 Å². The van der Waals surface area contributed by atoms with Gasteiger partial charge >= 0.3 is 0 Å². The van der Waals surface area contributed by atoms with E-state index in [-0.39, 0.29) is 0 Å². The van der Waals surface area contributed by atoms with Gasteiger partial charge in [0.05, 0.1) is 19.2 Å². The van der Waals surface area contributed by atoms with Crippen LogP contribution in [-0.2, 0) is 6.54 Å². The number of nitrogens with one attached hydrogen (secondary N) is 1. The molecule has 2 aromatic heterocycles. The van der Waals surface area contributed by atoms with Crippen molar-refractivity contribution in [2.45, 2.75) is 20.4 Å². The van der Waals surface area contributed by atoms with Crippen molar-refractivity contribution in [3.05, 3.63) is 29.4 Å². The van der Waals surface area contributed by atoms with Gasteiger partial charge in [-0.15, -0.1) is 0 Å². The molecule has 0 saturated heterocycles. The van der Waals surface area contributed by atoms with Crippen LogP contribution in [0.25, 0.3) is 0 Å². The van der Waals surface area contributed by atoms with Crippen molar-refractivity contribution in [1.82, 2.24) is 15.1 Å². The van der Waals surface area contributed by atoms with E-state index in [0.717, 1.165) is 22.8 Å². The van der Waals surface area contributed by atoms with Crippen LogP contribution in [-0.4, -0.2) is 22.2 Å². The minimum absolute atomic E-state index is 0.554.